The van der Waals surface area contributed by atoms with E-state index >= 15 is 0 Å². The predicted molar refractivity (Wildman–Crippen MR) is 116 cm³/mol. The molecule has 0 aliphatic rings. The smallest absolute Gasteiger partial charge is 0.253 e. The van der Waals surface area contributed by atoms with Gasteiger partial charge in [0.25, 0.3) is 5.91 Å². The molecule has 0 aliphatic heterocycles. The Balaban J connectivity index is 1.97. The van der Waals surface area contributed by atoms with Crippen molar-refractivity contribution in [1.82, 2.24) is 15.4 Å². The molecule has 0 spiro atoms. The van der Waals surface area contributed by atoms with Crippen molar-refractivity contribution in [2.75, 3.05) is 13.2 Å². The predicted octanol–water partition coefficient (Wildman–Crippen LogP) is 3.69. The van der Waals surface area contributed by atoms with Gasteiger partial charge in [0.2, 0.25) is 0 Å². The number of hydrogen-bond donors (Lipinski definition) is 1. The van der Waals surface area contributed by atoms with Crippen LogP contribution < -0.4 is 14.9 Å². The maximum Gasteiger partial charge on any atom is 0.253 e. The number of nitrogens with one attached hydrogen (secondary N) is 1. The summed E-state index contributed by atoms with van der Waals surface area (Å²) < 4.78 is 11.2. The molecular formula is C21H26N4O3S. The second kappa shape index (κ2) is 11.2. The molecule has 0 radical (unpaired) electrons. The molecule has 0 saturated carbocycles. The molecule has 1 amide bonds. The number of hydrazone groups is 1. The summed E-state index contributed by atoms with van der Waals surface area (Å²) in [5.41, 5.74) is 5.07. The summed E-state index contributed by atoms with van der Waals surface area (Å²) in [5.74, 6) is 1.01. The number of hydrogen-bond acceptors (Lipinski definition) is 7. The summed E-state index contributed by atoms with van der Waals surface area (Å²) in [6, 6.07) is 7.33. The fraction of sp³-hybridized carbons (Fsp3) is 0.333. The van der Waals surface area contributed by atoms with E-state index in [1.54, 1.807) is 31.3 Å². The second-order valence-corrected chi connectivity index (χ2v) is 7.47. The summed E-state index contributed by atoms with van der Waals surface area (Å²) in [4.78, 5) is 21.0. The molecule has 0 bridgehead atoms. The van der Waals surface area contributed by atoms with Gasteiger partial charge in [-0.15, -0.1) is 0 Å². The third-order valence-corrected chi connectivity index (χ3v) is 4.59. The van der Waals surface area contributed by atoms with Crippen LogP contribution in [0.3, 0.4) is 0 Å². The zero-order valence-corrected chi connectivity index (χ0v) is 18.0. The van der Waals surface area contributed by atoms with Gasteiger partial charge < -0.3 is 9.47 Å². The van der Waals surface area contributed by atoms with Gasteiger partial charge in [0.1, 0.15) is 6.61 Å². The molecule has 0 fully saturated rings. The standard InChI is InChI=1S/C21H26N4O3S/c1-6-10-28-18-9-8-17(12-19(18)27-7-2)13-22-25-20(26)16(5)29-21-23-14(3)11-15(4)24-21/h6,8-9,11-13,16H,1,7,10H2,2-5H3,(H,25,26)/b22-13-/t16-/m1/s1. The molecule has 29 heavy (non-hydrogen) atoms. The SMILES string of the molecule is C=CCOc1ccc(/C=N\NC(=O)[C@@H](C)Sc2nc(C)cc(C)n2)cc1OCC. The van der Waals surface area contributed by atoms with Crippen molar-refractivity contribution in [3.63, 3.8) is 0 Å². The van der Waals surface area contributed by atoms with E-state index in [0.717, 1.165) is 17.0 Å². The number of rotatable bonds is 10. The Morgan fingerprint density at radius 3 is 2.62 bits per heavy atom. The minimum Gasteiger partial charge on any atom is -0.490 e. The number of benzene rings is 1. The molecule has 1 N–H and O–H groups in total. The molecule has 0 saturated heterocycles. The minimum atomic E-state index is -0.387. The van der Waals surface area contributed by atoms with Gasteiger partial charge in [0.05, 0.1) is 18.1 Å². The van der Waals surface area contributed by atoms with E-state index in [1.807, 2.05) is 32.9 Å². The van der Waals surface area contributed by atoms with Crippen molar-refractivity contribution >= 4 is 23.9 Å². The highest BCUT2D eigenvalue weighted by Gasteiger charge is 2.16. The first kappa shape index (κ1) is 22.4. The average Bonchev–Trinajstić information content (AvgIpc) is 2.66. The topological polar surface area (TPSA) is 85.7 Å². The Labute approximate surface area is 175 Å². The molecule has 0 unspecified atom stereocenters. The van der Waals surface area contributed by atoms with Crippen LogP contribution in [-0.2, 0) is 4.79 Å². The molecule has 1 aromatic carbocycles. The van der Waals surface area contributed by atoms with Crippen molar-refractivity contribution in [2.45, 2.75) is 38.1 Å². The van der Waals surface area contributed by atoms with Crippen molar-refractivity contribution in [3.8, 4) is 11.5 Å². The fourth-order valence-electron chi connectivity index (χ4n) is 2.36. The number of aromatic nitrogens is 2. The van der Waals surface area contributed by atoms with E-state index in [1.165, 1.54) is 11.8 Å². The molecule has 2 aromatic rings. The van der Waals surface area contributed by atoms with E-state index in [4.69, 9.17) is 9.47 Å². The molecule has 1 atom stereocenters. The van der Waals surface area contributed by atoms with Gasteiger partial charge >= 0.3 is 0 Å². The van der Waals surface area contributed by atoms with Crippen LogP contribution in [0.5, 0.6) is 11.5 Å². The van der Waals surface area contributed by atoms with Gasteiger partial charge in [-0.1, -0.05) is 24.4 Å². The number of ether oxygens (including phenoxy) is 2. The Hall–Kier alpha value is -2.87. The lowest BCUT2D eigenvalue weighted by molar-refractivity contribution is -0.120. The number of carbonyl (C=O) groups excluding carboxylic acids is 1. The zero-order chi connectivity index (χ0) is 21.2. The lowest BCUT2D eigenvalue weighted by Crippen LogP contribution is -2.27. The van der Waals surface area contributed by atoms with E-state index < -0.39 is 0 Å². The molecule has 2 rings (SSSR count). The highest BCUT2D eigenvalue weighted by Crippen LogP contribution is 2.28. The van der Waals surface area contributed by atoms with Crippen LogP contribution in [0.4, 0.5) is 0 Å². The lowest BCUT2D eigenvalue weighted by atomic mass is 10.2. The normalized spacial score (nSPS) is 11.9. The van der Waals surface area contributed by atoms with Crippen LogP contribution in [0.15, 0.2) is 47.2 Å². The Morgan fingerprint density at radius 1 is 1.24 bits per heavy atom. The highest BCUT2D eigenvalue weighted by molar-refractivity contribution is 8.00. The minimum absolute atomic E-state index is 0.232. The number of nitrogens with zero attached hydrogens (tertiary/aromatic N) is 3. The number of carbonyl (C=O) groups is 1. The monoisotopic (exact) mass is 414 g/mol. The van der Waals surface area contributed by atoms with Crippen molar-refractivity contribution < 1.29 is 14.3 Å². The van der Waals surface area contributed by atoms with Gasteiger partial charge in [0, 0.05) is 11.4 Å². The highest BCUT2D eigenvalue weighted by atomic mass is 32.2. The largest absolute Gasteiger partial charge is 0.490 e. The Bertz CT molecular complexity index is 866. The summed E-state index contributed by atoms with van der Waals surface area (Å²) in [6.45, 7) is 12.0. The van der Waals surface area contributed by atoms with Crippen molar-refractivity contribution in [2.24, 2.45) is 5.10 Å². The Kier molecular flexibility index (Phi) is 8.67. The first-order chi connectivity index (χ1) is 13.9. The quantitative estimate of drug-likeness (QED) is 0.210. The maximum absolute atomic E-state index is 12.3. The molecule has 1 heterocycles. The van der Waals surface area contributed by atoms with Crippen LogP contribution in [0.2, 0.25) is 0 Å². The molecule has 154 valence electrons. The van der Waals surface area contributed by atoms with Crippen molar-refractivity contribution in [3.05, 3.63) is 53.9 Å². The number of aryl methyl sites for hydroxylation is 2. The average molecular weight is 415 g/mol. The van der Waals surface area contributed by atoms with E-state index in [0.29, 0.717) is 29.9 Å². The summed E-state index contributed by atoms with van der Waals surface area (Å²) in [7, 11) is 0. The van der Waals surface area contributed by atoms with Gasteiger partial charge in [-0.3, -0.25) is 4.79 Å². The molecular weight excluding hydrogens is 388 g/mol. The number of thioether (sulfide) groups is 1. The summed E-state index contributed by atoms with van der Waals surface area (Å²) in [5, 5.41) is 4.23. The van der Waals surface area contributed by atoms with Crippen LogP contribution in [0.25, 0.3) is 0 Å². The van der Waals surface area contributed by atoms with Gasteiger partial charge in [-0.05, 0) is 57.5 Å². The molecule has 7 nitrogen and oxygen atoms in total. The van der Waals surface area contributed by atoms with E-state index in [2.05, 4.69) is 27.1 Å². The first-order valence-corrected chi connectivity index (χ1v) is 10.1. The van der Waals surface area contributed by atoms with E-state index in [9.17, 15) is 4.79 Å². The summed E-state index contributed by atoms with van der Waals surface area (Å²) >= 11 is 1.29. The van der Waals surface area contributed by atoms with Crippen LogP contribution >= 0.6 is 11.8 Å². The van der Waals surface area contributed by atoms with Gasteiger partial charge in [0.15, 0.2) is 16.7 Å². The third-order valence-electron chi connectivity index (χ3n) is 3.63. The number of amides is 1. The van der Waals surface area contributed by atoms with Crippen LogP contribution in [0.1, 0.15) is 30.8 Å². The summed E-state index contributed by atoms with van der Waals surface area (Å²) in [6.07, 6.45) is 3.23. The fourth-order valence-corrected chi connectivity index (χ4v) is 3.23. The maximum atomic E-state index is 12.3. The molecule has 8 heteroatoms. The molecule has 0 aliphatic carbocycles. The Morgan fingerprint density at radius 2 is 1.97 bits per heavy atom. The second-order valence-electron chi connectivity index (χ2n) is 6.17. The first-order valence-electron chi connectivity index (χ1n) is 9.25. The molecule has 1 aromatic heterocycles. The van der Waals surface area contributed by atoms with E-state index in [-0.39, 0.29) is 11.2 Å². The lowest BCUT2D eigenvalue weighted by Gasteiger charge is -2.11. The van der Waals surface area contributed by atoms with Gasteiger partial charge in [-0.2, -0.15) is 5.10 Å². The van der Waals surface area contributed by atoms with Gasteiger partial charge in [-0.25, -0.2) is 15.4 Å². The zero-order valence-electron chi connectivity index (χ0n) is 17.1. The van der Waals surface area contributed by atoms with Crippen LogP contribution in [0, 0.1) is 13.8 Å². The van der Waals surface area contributed by atoms with Crippen LogP contribution in [-0.4, -0.2) is 40.6 Å². The van der Waals surface area contributed by atoms with Crippen molar-refractivity contribution in [1.29, 1.82) is 0 Å². The third kappa shape index (κ3) is 7.23.